The molecule has 1 aromatic heterocycles. The Labute approximate surface area is 156 Å². The normalized spacial score (nSPS) is 10.6. The number of para-hydroxylation sites is 1. The molecule has 0 fully saturated rings. The molecule has 0 saturated carbocycles. The van der Waals surface area contributed by atoms with Crippen molar-refractivity contribution in [2.75, 3.05) is 13.1 Å². The van der Waals surface area contributed by atoms with Gasteiger partial charge in [0.25, 0.3) is 11.5 Å². The van der Waals surface area contributed by atoms with Crippen molar-refractivity contribution < 1.29 is 9.59 Å². The number of carbonyl (C=O) groups excluding carboxylic acids is 2. The first-order valence-corrected chi connectivity index (χ1v) is 8.59. The summed E-state index contributed by atoms with van der Waals surface area (Å²) in [4.78, 5) is 40.2. The minimum Gasteiger partial charge on any atom is -0.355 e. The van der Waals surface area contributed by atoms with E-state index in [4.69, 9.17) is 0 Å². The topological polar surface area (TPSA) is 93.1 Å². The van der Waals surface area contributed by atoms with E-state index in [1.54, 1.807) is 43.3 Å². The van der Waals surface area contributed by atoms with E-state index in [1.807, 2.05) is 12.1 Å². The van der Waals surface area contributed by atoms with Crippen molar-refractivity contribution in [3.63, 3.8) is 0 Å². The number of carbonyl (C=O) groups is 2. The highest BCUT2D eigenvalue weighted by Gasteiger charge is 2.11. The van der Waals surface area contributed by atoms with Crippen molar-refractivity contribution in [1.82, 2.24) is 20.2 Å². The van der Waals surface area contributed by atoms with Crippen LogP contribution in [0.4, 0.5) is 0 Å². The Kier molecular flexibility index (Phi) is 5.30. The van der Waals surface area contributed by atoms with Crippen LogP contribution in [-0.4, -0.2) is 34.5 Å². The molecule has 0 aliphatic heterocycles. The Hall–Kier alpha value is -3.48. The average Bonchev–Trinajstić information content (AvgIpc) is 2.65. The number of aryl methyl sites for hydroxylation is 1. The molecule has 0 unspecified atom stereocenters. The molecular weight excluding hydrogens is 344 g/mol. The third kappa shape index (κ3) is 4.03. The zero-order chi connectivity index (χ0) is 19.4. The van der Waals surface area contributed by atoms with Gasteiger partial charge >= 0.3 is 0 Å². The molecule has 0 bridgehead atoms. The molecule has 0 radical (unpaired) electrons. The highest BCUT2D eigenvalue weighted by molar-refractivity contribution is 5.94. The van der Waals surface area contributed by atoms with Crippen LogP contribution in [0.2, 0.25) is 0 Å². The molecule has 27 heavy (non-hydrogen) atoms. The molecule has 0 spiro atoms. The second-order valence-corrected chi connectivity index (χ2v) is 6.10. The average molecular weight is 364 g/mol. The molecule has 0 atom stereocenters. The van der Waals surface area contributed by atoms with E-state index >= 15 is 0 Å². The molecule has 0 aliphatic carbocycles. The smallest absolute Gasteiger partial charge is 0.265 e. The van der Waals surface area contributed by atoms with Crippen LogP contribution < -0.4 is 16.2 Å². The summed E-state index contributed by atoms with van der Waals surface area (Å²) < 4.78 is 1.53. The monoisotopic (exact) mass is 364 g/mol. The molecule has 2 aromatic carbocycles. The number of hydrogen-bond donors (Lipinski definition) is 2. The minimum absolute atomic E-state index is 0.140. The number of nitrogens with one attached hydrogen (secondary N) is 2. The van der Waals surface area contributed by atoms with Crippen LogP contribution in [-0.2, 0) is 4.79 Å². The predicted octanol–water partition coefficient (Wildman–Crippen LogP) is 1.56. The van der Waals surface area contributed by atoms with Gasteiger partial charge in [-0.3, -0.25) is 19.0 Å². The highest BCUT2D eigenvalue weighted by Crippen LogP contribution is 2.13. The summed E-state index contributed by atoms with van der Waals surface area (Å²) in [7, 11) is 0. The summed E-state index contributed by atoms with van der Waals surface area (Å²) in [6.07, 6.45) is 0. The van der Waals surface area contributed by atoms with Gasteiger partial charge in [0.2, 0.25) is 5.91 Å². The van der Waals surface area contributed by atoms with Crippen LogP contribution >= 0.6 is 0 Å². The van der Waals surface area contributed by atoms with E-state index in [0.717, 1.165) is 0 Å². The number of rotatable bonds is 5. The number of nitrogens with zero attached hydrogens (tertiary/aromatic N) is 2. The fourth-order valence-electron chi connectivity index (χ4n) is 2.83. The molecule has 2 N–H and O–H groups in total. The third-order valence-corrected chi connectivity index (χ3v) is 4.12. The van der Waals surface area contributed by atoms with Crippen LogP contribution in [0.25, 0.3) is 16.6 Å². The van der Waals surface area contributed by atoms with Gasteiger partial charge in [-0.15, -0.1) is 0 Å². The quantitative estimate of drug-likeness (QED) is 0.672. The van der Waals surface area contributed by atoms with Crippen LogP contribution in [0, 0.1) is 6.92 Å². The van der Waals surface area contributed by atoms with Crippen molar-refractivity contribution in [2.24, 2.45) is 0 Å². The Morgan fingerprint density at radius 1 is 1.00 bits per heavy atom. The summed E-state index contributed by atoms with van der Waals surface area (Å²) >= 11 is 0. The second kappa shape index (κ2) is 7.82. The summed E-state index contributed by atoms with van der Waals surface area (Å²) in [5.74, 6) is 0.192. The SMILES string of the molecule is CC(=O)NCCNC(=O)c1ccc(-n2c(C)nc3ccccc3c2=O)cc1. The van der Waals surface area contributed by atoms with Crippen LogP contribution in [0.3, 0.4) is 0 Å². The first-order valence-electron chi connectivity index (χ1n) is 8.59. The molecule has 3 aromatic rings. The summed E-state index contributed by atoms with van der Waals surface area (Å²) in [5, 5.41) is 5.88. The molecule has 1 heterocycles. The van der Waals surface area contributed by atoms with Gasteiger partial charge in [0.05, 0.1) is 16.6 Å². The Bertz CT molecular complexity index is 1060. The van der Waals surface area contributed by atoms with Crippen molar-refractivity contribution in [2.45, 2.75) is 13.8 Å². The maximum atomic E-state index is 12.8. The number of aromatic nitrogens is 2. The maximum absolute atomic E-state index is 12.8. The number of fused-ring (bicyclic) bond motifs is 1. The molecule has 7 nitrogen and oxygen atoms in total. The van der Waals surface area contributed by atoms with Gasteiger partial charge in [-0.1, -0.05) is 12.1 Å². The molecule has 3 rings (SSSR count). The number of benzene rings is 2. The minimum atomic E-state index is -0.243. The van der Waals surface area contributed by atoms with Crippen molar-refractivity contribution in [1.29, 1.82) is 0 Å². The van der Waals surface area contributed by atoms with Crippen LogP contribution in [0.1, 0.15) is 23.1 Å². The van der Waals surface area contributed by atoms with E-state index in [0.29, 0.717) is 41.1 Å². The van der Waals surface area contributed by atoms with Gasteiger partial charge in [0.1, 0.15) is 5.82 Å². The van der Waals surface area contributed by atoms with Crippen LogP contribution in [0.5, 0.6) is 0 Å². The molecule has 0 saturated heterocycles. The lowest BCUT2D eigenvalue weighted by atomic mass is 10.2. The fourth-order valence-corrected chi connectivity index (χ4v) is 2.83. The summed E-state index contributed by atoms with van der Waals surface area (Å²) in [6, 6.07) is 14.0. The first kappa shape index (κ1) is 18.3. The van der Waals surface area contributed by atoms with E-state index < -0.39 is 0 Å². The van der Waals surface area contributed by atoms with Crippen LogP contribution in [0.15, 0.2) is 53.3 Å². The maximum Gasteiger partial charge on any atom is 0.265 e. The zero-order valence-corrected chi connectivity index (χ0v) is 15.2. The van der Waals surface area contributed by atoms with Gasteiger partial charge in [0, 0.05) is 25.6 Å². The Morgan fingerprint density at radius 3 is 2.37 bits per heavy atom. The molecular formula is C20H20N4O3. The molecule has 138 valence electrons. The molecule has 2 amide bonds. The van der Waals surface area contributed by atoms with E-state index in [9.17, 15) is 14.4 Å². The molecule has 7 heteroatoms. The van der Waals surface area contributed by atoms with E-state index in [1.165, 1.54) is 11.5 Å². The first-order chi connectivity index (χ1) is 13.0. The number of hydrogen-bond acceptors (Lipinski definition) is 4. The largest absolute Gasteiger partial charge is 0.355 e. The zero-order valence-electron chi connectivity index (χ0n) is 15.2. The van der Waals surface area contributed by atoms with E-state index in [-0.39, 0.29) is 17.4 Å². The fraction of sp³-hybridized carbons (Fsp3) is 0.200. The Balaban J connectivity index is 1.82. The summed E-state index contributed by atoms with van der Waals surface area (Å²) in [5.41, 5.74) is 1.63. The van der Waals surface area contributed by atoms with E-state index in [2.05, 4.69) is 15.6 Å². The van der Waals surface area contributed by atoms with Crippen molar-refractivity contribution in [3.05, 3.63) is 70.3 Å². The second-order valence-electron chi connectivity index (χ2n) is 6.10. The lowest BCUT2D eigenvalue weighted by Crippen LogP contribution is -2.33. The van der Waals surface area contributed by atoms with Gasteiger partial charge in [-0.2, -0.15) is 0 Å². The highest BCUT2D eigenvalue weighted by atomic mass is 16.2. The van der Waals surface area contributed by atoms with Crippen molar-refractivity contribution in [3.8, 4) is 5.69 Å². The lowest BCUT2D eigenvalue weighted by molar-refractivity contribution is -0.118. The van der Waals surface area contributed by atoms with Gasteiger partial charge in [-0.05, 0) is 43.3 Å². The summed E-state index contributed by atoms with van der Waals surface area (Å²) in [6.45, 7) is 3.91. The number of amides is 2. The van der Waals surface area contributed by atoms with Gasteiger partial charge in [-0.25, -0.2) is 4.98 Å². The standard InChI is InChI=1S/C20H20N4O3/c1-13-23-18-6-4-3-5-17(18)20(27)24(13)16-9-7-15(8-10-16)19(26)22-12-11-21-14(2)25/h3-10H,11-12H2,1-2H3,(H,21,25)(H,22,26). The predicted molar refractivity (Wildman–Crippen MR) is 103 cm³/mol. The lowest BCUT2D eigenvalue weighted by Gasteiger charge is -2.11. The third-order valence-electron chi connectivity index (χ3n) is 4.12. The van der Waals surface area contributed by atoms with Crippen molar-refractivity contribution >= 4 is 22.7 Å². The van der Waals surface area contributed by atoms with Gasteiger partial charge in [0.15, 0.2) is 0 Å². The molecule has 0 aliphatic rings. The van der Waals surface area contributed by atoms with Gasteiger partial charge < -0.3 is 10.6 Å². The Morgan fingerprint density at radius 2 is 1.67 bits per heavy atom.